The van der Waals surface area contributed by atoms with Crippen molar-refractivity contribution in [2.75, 3.05) is 13.2 Å². The van der Waals surface area contributed by atoms with Crippen LogP contribution in [0, 0.1) is 10.8 Å². The average molecular weight is 272 g/mol. The SMILES string of the molecule is CC(C)(C)CC(C)(C)OC(=O)C1(C)COC(=O)OC1. The molecular formula is C14H24O5. The van der Waals surface area contributed by atoms with E-state index in [9.17, 15) is 9.59 Å². The molecule has 0 unspecified atom stereocenters. The molecule has 1 rings (SSSR count). The first-order valence-electron chi connectivity index (χ1n) is 6.47. The smallest absolute Gasteiger partial charge is 0.459 e. The molecule has 0 aromatic heterocycles. The summed E-state index contributed by atoms with van der Waals surface area (Å²) in [7, 11) is 0. The van der Waals surface area contributed by atoms with E-state index < -0.39 is 23.1 Å². The summed E-state index contributed by atoms with van der Waals surface area (Å²) >= 11 is 0. The fraction of sp³-hybridized carbons (Fsp3) is 0.857. The van der Waals surface area contributed by atoms with Gasteiger partial charge in [0.1, 0.15) is 24.2 Å². The second kappa shape index (κ2) is 5.02. The van der Waals surface area contributed by atoms with Gasteiger partial charge in [0, 0.05) is 0 Å². The fourth-order valence-corrected chi connectivity index (χ4v) is 2.32. The Hall–Kier alpha value is -1.26. The highest BCUT2D eigenvalue weighted by Gasteiger charge is 2.44. The molecule has 0 radical (unpaired) electrons. The topological polar surface area (TPSA) is 61.8 Å². The molecule has 1 heterocycles. The van der Waals surface area contributed by atoms with E-state index in [-0.39, 0.29) is 18.6 Å². The third-order valence-corrected chi connectivity index (χ3v) is 2.84. The summed E-state index contributed by atoms with van der Waals surface area (Å²) in [6, 6.07) is 0. The molecule has 0 N–H and O–H groups in total. The molecule has 19 heavy (non-hydrogen) atoms. The van der Waals surface area contributed by atoms with E-state index in [1.807, 2.05) is 13.8 Å². The Kier molecular flexibility index (Phi) is 4.17. The number of cyclic esters (lactones) is 2. The molecule has 0 aliphatic carbocycles. The predicted octanol–water partition coefficient (Wildman–Crippen LogP) is 2.92. The standard InChI is InChI=1S/C14H24O5/c1-12(2,3)7-13(4,5)19-10(15)14(6)8-17-11(16)18-9-14/h7-9H2,1-6H3. The first-order valence-corrected chi connectivity index (χ1v) is 6.47. The Morgan fingerprint density at radius 2 is 1.68 bits per heavy atom. The summed E-state index contributed by atoms with van der Waals surface area (Å²) in [5.74, 6) is -0.394. The van der Waals surface area contributed by atoms with Crippen molar-refractivity contribution >= 4 is 12.1 Å². The van der Waals surface area contributed by atoms with Crippen LogP contribution in [0.2, 0.25) is 0 Å². The monoisotopic (exact) mass is 272 g/mol. The third-order valence-electron chi connectivity index (χ3n) is 2.84. The number of rotatable bonds is 3. The first-order chi connectivity index (χ1) is 8.44. The van der Waals surface area contributed by atoms with Crippen LogP contribution in [-0.2, 0) is 19.0 Å². The van der Waals surface area contributed by atoms with Crippen molar-refractivity contribution in [3.8, 4) is 0 Å². The largest absolute Gasteiger partial charge is 0.508 e. The average Bonchev–Trinajstić information content (AvgIpc) is 2.18. The molecule has 0 bridgehead atoms. The van der Waals surface area contributed by atoms with Gasteiger partial charge in [-0.1, -0.05) is 20.8 Å². The van der Waals surface area contributed by atoms with Crippen LogP contribution >= 0.6 is 0 Å². The summed E-state index contributed by atoms with van der Waals surface area (Å²) in [4.78, 5) is 23.1. The lowest BCUT2D eigenvalue weighted by Crippen LogP contribution is -2.47. The van der Waals surface area contributed by atoms with Crippen molar-refractivity contribution < 1.29 is 23.8 Å². The second-order valence-electron chi connectivity index (χ2n) is 7.27. The molecule has 1 fully saturated rings. The number of carbonyl (C=O) groups is 2. The molecule has 1 saturated heterocycles. The molecule has 5 nitrogen and oxygen atoms in total. The molecule has 0 aromatic rings. The summed E-state index contributed by atoms with van der Waals surface area (Å²) in [6.45, 7) is 11.7. The van der Waals surface area contributed by atoms with Gasteiger partial charge >= 0.3 is 12.1 Å². The van der Waals surface area contributed by atoms with E-state index in [4.69, 9.17) is 14.2 Å². The van der Waals surface area contributed by atoms with Crippen molar-refractivity contribution in [3.05, 3.63) is 0 Å². The van der Waals surface area contributed by atoms with E-state index in [0.29, 0.717) is 0 Å². The van der Waals surface area contributed by atoms with Gasteiger partial charge in [-0.2, -0.15) is 0 Å². The Bertz CT molecular complexity index is 355. The first kappa shape index (κ1) is 15.8. The molecule has 110 valence electrons. The highest BCUT2D eigenvalue weighted by Crippen LogP contribution is 2.32. The quantitative estimate of drug-likeness (QED) is 0.739. The van der Waals surface area contributed by atoms with Crippen LogP contribution in [0.4, 0.5) is 4.79 Å². The highest BCUT2D eigenvalue weighted by atomic mass is 16.7. The molecular weight excluding hydrogens is 248 g/mol. The number of ether oxygens (including phenoxy) is 3. The molecule has 0 spiro atoms. The maximum Gasteiger partial charge on any atom is 0.508 e. The predicted molar refractivity (Wildman–Crippen MR) is 69.7 cm³/mol. The van der Waals surface area contributed by atoms with Crippen LogP contribution in [0.25, 0.3) is 0 Å². The van der Waals surface area contributed by atoms with Crippen molar-refractivity contribution in [3.63, 3.8) is 0 Å². The van der Waals surface area contributed by atoms with Crippen LogP contribution < -0.4 is 0 Å². The summed E-state index contributed by atoms with van der Waals surface area (Å²) in [6.07, 6.45) is 0.00173. The van der Waals surface area contributed by atoms with E-state index in [1.165, 1.54) is 0 Å². The van der Waals surface area contributed by atoms with Gasteiger partial charge < -0.3 is 14.2 Å². The van der Waals surface area contributed by atoms with Gasteiger partial charge in [-0.3, -0.25) is 4.79 Å². The Balaban J connectivity index is 2.66. The minimum absolute atomic E-state index is 0.00371. The minimum atomic E-state index is -0.928. The molecule has 0 amide bonds. The zero-order valence-electron chi connectivity index (χ0n) is 12.7. The van der Waals surface area contributed by atoms with Crippen molar-refractivity contribution in [2.45, 2.75) is 53.6 Å². The Morgan fingerprint density at radius 3 is 2.11 bits per heavy atom. The summed E-state index contributed by atoms with van der Waals surface area (Å²) in [5, 5.41) is 0. The molecule has 5 heteroatoms. The van der Waals surface area contributed by atoms with Crippen LogP contribution in [0.15, 0.2) is 0 Å². The van der Waals surface area contributed by atoms with E-state index in [0.717, 1.165) is 6.42 Å². The molecule has 1 aliphatic rings. The highest BCUT2D eigenvalue weighted by molar-refractivity contribution is 5.78. The number of hydrogen-bond donors (Lipinski definition) is 0. The third kappa shape index (κ3) is 4.73. The van der Waals surface area contributed by atoms with Crippen molar-refractivity contribution in [1.29, 1.82) is 0 Å². The van der Waals surface area contributed by atoms with Gasteiger partial charge in [0.25, 0.3) is 0 Å². The van der Waals surface area contributed by atoms with Gasteiger partial charge in [-0.15, -0.1) is 0 Å². The maximum absolute atomic E-state index is 12.2. The number of carbonyl (C=O) groups excluding carboxylic acids is 2. The summed E-state index contributed by atoms with van der Waals surface area (Å²) in [5.41, 5.74) is -1.44. The van der Waals surface area contributed by atoms with Gasteiger partial charge in [-0.25, -0.2) is 4.79 Å². The van der Waals surface area contributed by atoms with Crippen molar-refractivity contribution in [1.82, 2.24) is 0 Å². The number of esters is 1. The normalized spacial score (nSPS) is 19.4. The lowest BCUT2D eigenvalue weighted by molar-refractivity contribution is -0.180. The lowest BCUT2D eigenvalue weighted by Gasteiger charge is -2.36. The van der Waals surface area contributed by atoms with Gasteiger partial charge in [0.05, 0.1) is 0 Å². The van der Waals surface area contributed by atoms with Crippen LogP contribution in [0.3, 0.4) is 0 Å². The van der Waals surface area contributed by atoms with Gasteiger partial charge in [-0.05, 0) is 32.6 Å². The zero-order valence-corrected chi connectivity index (χ0v) is 12.7. The van der Waals surface area contributed by atoms with E-state index >= 15 is 0 Å². The van der Waals surface area contributed by atoms with Gasteiger partial charge in [0.2, 0.25) is 0 Å². The molecule has 0 aromatic carbocycles. The van der Waals surface area contributed by atoms with Crippen LogP contribution in [-0.4, -0.2) is 30.9 Å². The van der Waals surface area contributed by atoms with Crippen molar-refractivity contribution in [2.24, 2.45) is 10.8 Å². The molecule has 0 saturated carbocycles. The maximum atomic E-state index is 12.2. The zero-order chi connectivity index (χ0) is 14.9. The van der Waals surface area contributed by atoms with Crippen LogP contribution in [0.5, 0.6) is 0 Å². The molecule has 0 atom stereocenters. The Morgan fingerprint density at radius 1 is 1.21 bits per heavy atom. The molecule has 1 aliphatic heterocycles. The van der Waals surface area contributed by atoms with E-state index in [1.54, 1.807) is 6.92 Å². The number of hydrogen-bond acceptors (Lipinski definition) is 5. The van der Waals surface area contributed by atoms with Crippen LogP contribution in [0.1, 0.15) is 48.0 Å². The minimum Gasteiger partial charge on any atom is -0.459 e. The lowest BCUT2D eigenvalue weighted by atomic mass is 9.83. The summed E-state index contributed by atoms with van der Waals surface area (Å²) < 4.78 is 15.1. The van der Waals surface area contributed by atoms with E-state index in [2.05, 4.69) is 20.8 Å². The fourth-order valence-electron chi connectivity index (χ4n) is 2.32. The Labute approximate surface area is 114 Å². The van der Waals surface area contributed by atoms with Gasteiger partial charge in [0.15, 0.2) is 0 Å². The second-order valence-corrected chi connectivity index (χ2v) is 7.27.